The molecule has 0 saturated carbocycles. The number of nitrogens with zero attached hydrogens (tertiary/aromatic N) is 8. The van der Waals surface area contributed by atoms with E-state index in [4.69, 9.17) is 28.4 Å². The van der Waals surface area contributed by atoms with Crippen LogP contribution in [0.1, 0.15) is 46.1 Å². The fourth-order valence-corrected chi connectivity index (χ4v) is 7.82. The van der Waals surface area contributed by atoms with Crippen LogP contribution in [0.25, 0.3) is 44.1 Å². The summed E-state index contributed by atoms with van der Waals surface area (Å²) in [7, 11) is 3.42. The normalized spacial score (nSPS) is 15.8. The summed E-state index contributed by atoms with van der Waals surface area (Å²) in [5.74, 6) is 3.54. The van der Waals surface area contributed by atoms with Crippen molar-refractivity contribution in [2.45, 2.75) is 39.8 Å². The van der Waals surface area contributed by atoms with Crippen LogP contribution in [0.3, 0.4) is 0 Å². The molecule has 0 bridgehead atoms. The van der Waals surface area contributed by atoms with E-state index < -0.39 is 0 Å². The van der Waals surface area contributed by atoms with E-state index in [-0.39, 0.29) is 17.6 Å². The number of aryl methyl sites for hydroxylation is 4. The molecular weight excluding hydrogens is 688 g/mol. The molecule has 0 fully saturated rings. The molecule has 0 aliphatic carbocycles. The smallest absolute Gasteiger partial charge is 0.274 e. The summed E-state index contributed by atoms with van der Waals surface area (Å²) in [5, 5.41) is 14.4. The molecular formula is C40H36N8O6. The summed E-state index contributed by atoms with van der Waals surface area (Å²) in [6.07, 6.45) is 7.15. The molecule has 2 aromatic carbocycles. The topological polar surface area (TPSA) is 150 Å². The van der Waals surface area contributed by atoms with Crippen molar-refractivity contribution in [3.8, 4) is 39.6 Å². The Labute approximate surface area is 308 Å². The van der Waals surface area contributed by atoms with Gasteiger partial charge in [-0.2, -0.15) is 0 Å². The van der Waals surface area contributed by atoms with Crippen molar-refractivity contribution in [3.63, 3.8) is 0 Å². The summed E-state index contributed by atoms with van der Waals surface area (Å²) in [6, 6.07) is 15.4. The summed E-state index contributed by atoms with van der Waals surface area (Å²) < 4.78 is 34.4. The van der Waals surface area contributed by atoms with E-state index in [1.54, 1.807) is 31.2 Å². The van der Waals surface area contributed by atoms with E-state index in [9.17, 15) is 4.79 Å². The Balaban J connectivity index is 0.000000142. The predicted molar refractivity (Wildman–Crippen MR) is 199 cm³/mol. The monoisotopic (exact) mass is 724 g/mol. The third kappa shape index (κ3) is 5.00. The van der Waals surface area contributed by atoms with E-state index in [0.717, 1.165) is 78.5 Å². The Morgan fingerprint density at radius 2 is 1.28 bits per heavy atom. The minimum Gasteiger partial charge on any atom is -0.488 e. The minimum absolute atomic E-state index is 0.0454. The molecule has 0 N–H and O–H groups in total. The van der Waals surface area contributed by atoms with Crippen molar-refractivity contribution in [3.05, 3.63) is 118 Å². The Bertz CT molecular complexity index is 2720. The van der Waals surface area contributed by atoms with Crippen LogP contribution < -0.4 is 19.8 Å². The maximum atomic E-state index is 12.8. The Kier molecular flexibility index (Phi) is 7.83. The summed E-state index contributed by atoms with van der Waals surface area (Å²) >= 11 is 0. The van der Waals surface area contributed by atoms with E-state index in [1.807, 2.05) is 98.0 Å². The second kappa shape index (κ2) is 12.8. The number of aromatic nitrogens is 8. The fourth-order valence-electron chi connectivity index (χ4n) is 7.82. The quantitative estimate of drug-likeness (QED) is 0.187. The first-order valence-electron chi connectivity index (χ1n) is 17.5. The first kappa shape index (κ1) is 33.2. The van der Waals surface area contributed by atoms with Crippen LogP contribution in [0.15, 0.2) is 87.2 Å². The van der Waals surface area contributed by atoms with Crippen LogP contribution >= 0.6 is 0 Å². The van der Waals surface area contributed by atoms with Crippen LogP contribution in [-0.4, -0.2) is 59.7 Å². The molecule has 14 nitrogen and oxygen atoms in total. The first-order valence-corrected chi connectivity index (χ1v) is 17.5. The fraction of sp³-hybridized carbons (Fsp3) is 0.250. The van der Waals surface area contributed by atoms with E-state index in [2.05, 4.69) is 20.3 Å². The molecule has 2 aliphatic heterocycles. The maximum Gasteiger partial charge on any atom is 0.274 e. The van der Waals surface area contributed by atoms with Crippen molar-refractivity contribution in [2.24, 2.45) is 7.05 Å². The van der Waals surface area contributed by atoms with Crippen LogP contribution in [0, 0.1) is 27.7 Å². The lowest BCUT2D eigenvalue weighted by Gasteiger charge is -2.28. The number of rotatable bonds is 5. The van der Waals surface area contributed by atoms with Crippen molar-refractivity contribution in [1.29, 1.82) is 0 Å². The number of hydrogen-bond acceptors (Lipinski definition) is 11. The average molecular weight is 725 g/mol. The highest BCUT2D eigenvalue weighted by Gasteiger charge is 2.33. The SMILES string of the molecule is COc1nn2c3c(c(-c4c(C)noc4C)ccc13)OCC2c1cccnc1.Cc1noc(C)c1-c1ccc2c(=O)n(C)n3c2c1OCC3c1cccnc1. The van der Waals surface area contributed by atoms with Gasteiger partial charge in [-0.25, -0.2) is 4.68 Å². The predicted octanol–water partition coefficient (Wildman–Crippen LogP) is 6.68. The molecule has 6 aromatic heterocycles. The molecule has 0 spiro atoms. The van der Waals surface area contributed by atoms with Gasteiger partial charge in [-0.05, 0) is 75.2 Å². The van der Waals surface area contributed by atoms with Crippen molar-refractivity contribution in [1.82, 2.24) is 39.4 Å². The molecule has 54 heavy (non-hydrogen) atoms. The van der Waals surface area contributed by atoms with Gasteiger partial charge in [-0.3, -0.25) is 24.1 Å². The van der Waals surface area contributed by atoms with Gasteiger partial charge in [0.05, 0.1) is 40.4 Å². The molecule has 0 saturated heterocycles. The van der Waals surface area contributed by atoms with Crippen molar-refractivity contribution < 1.29 is 23.3 Å². The van der Waals surface area contributed by atoms with Gasteiger partial charge >= 0.3 is 0 Å². The third-order valence-corrected chi connectivity index (χ3v) is 10.3. The van der Waals surface area contributed by atoms with Crippen LogP contribution in [0.4, 0.5) is 0 Å². The van der Waals surface area contributed by atoms with Gasteiger partial charge in [0.15, 0.2) is 11.5 Å². The number of hydrogen-bond donors (Lipinski definition) is 0. The van der Waals surface area contributed by atoms with E-state index >= 15 is 0 Å². The van der Waals surface area contributed by atoms with Crippen LogP contribution in [0.5, 0.6) is 17.4 Å². The Morgan fingerprint density at radius 1 is 0.722 bits per heavy atom. The molecule has 272 valence electrons. The van der Waals surface area contributed by atoms with E-state index in [0.29, 0.717) is 30.2 Å². The van der Waals surface area contributed by atoms with Crippen molar-refractivity contribution >= 4 is 21.8 Å². The van der Waals surface area contributed by atoms with Gasteiger partial charge in [0.25, 0.3) is 5.56 Å². The maximum absolute atomic E-state index is 12.8. The molecule has 10 rings (SSSR count). The molecule has 2 atom stereocenters. The Hall–Kier alpha value is -6.70. The number of pyridine rings is 2. The number of benzene rings is 2. The second-order valence-electron chi connectivity index (χ2n) is 13.4. The zero-order valence-corrected chi connectivity index (χ0v) is 30.5. The zero-order chi connectivity index (χ0) is 37.2. The van der Waals surface area contributed by atoms with Gasteiger partial charge in [0.1, 0.15) is 47.9 Å². The largest absolute Gasteiger partial charge is 0.488 e. The van der Waals surface area contributed by atoms with Crippen LogP contribution in [0.2, 0.25) is 0 Å². The van der Waals surface area contributed by atoms with Gasteiger partial charge in [0.2, 0.25) is 5.88 Å². The summed E-state index contributed by atoms with van der Waals surface area (Å²) in [6.45, 7) is 8.50. The summed E-state index contributed by atoms with van der Waals surface area (Å²) in [5.41, 5.74) is 9.03. The van der Waals surface area contributed by atoms with Gasteiger partial charge in [-0.15, -0.1) is 5.10 Å². The first-order chi connectivity index (χ1) is 26.3. The lowest BCUT2D eigenvalue weighted by molar-refractivity contribution is 0.236. The minimum atomic E-state index is -0.124. The molecule has 2 aliphatic rings. The highest BCUT2D eigenvalue weighted by molar-refractivity contribution is 5.97. The standard InChI is InChI=1S/2C20H18N4O3/c1-11-17(12(2)27-23-11)14-6-7-15-18-19(14)26-10-16(13-5-4-8-21-9-13)24(18)22-20(15)25-3;1-11-17(12(2)27-22-11)14-6-7-15-18-19(14)26-10-16(13-5-4-8-21-9-13)24(18)23(3)20(15)25/h2*4-9,16H,10H2,1-3H3. The lowest BCUT2D eigenvalue weighted by Crippen LogP contribution is -2.29. The van der Waals surface area contributed by atoms with Crippen LogP contribution in [-0.2, 0) is 7.05 Å². The average Bonchev–Trinajstić information content (AvgIpc) is 3.93. The molecule has 8 aromatic rings. The van der Waals surface area contributed by atoms with E-state index in [1.165, 1.54) is 0 Å². The van der Waals surface area contributed by atoms with Crippen molar-refractivity contribution in [2.75, 3.05) is 20.3 Å². The highest BCUT2D eigenvalue weighted by Crippen LogP contribution is 2.46. The highest BCUT2D eigenvalue weighted by atomic mass is 16.5. The molecule has 8 heterocycles. The van der Waals surface area contributed by atoms with Gasteiger partial charge in [0, 0.05) is 43.0 Å². The number of ether oxygens (including phenoxy) is 3. The second-order valence-corrected chi connectivity index (χ2v) is 13.4. The Morgan fingerprint density at radius 3 is 1.81 bits per heavy atom. The third-order valence-electron chi connectivity index (χ3n) is 10.3. The van der Waals surface area contributed by atoms with Gasteiger partial charge < -0.3 is 23.3 Å². The molecule has 0 radical (unpaired) electrons. The molecule has 14 heteroatoms. The lowest BCUT2D eigenvalue weighted by atomic mass is 10.00. The molecule has 0 amide bonds. The van der Waals surface area contributed by atoms with Gasteiger partial charge in [-0.1, -0.05) is 22.4 Å². The summed E-state index contributed by atoms with van der Waals surface area (Å²) in [4.78, 5) is 21.3. The molecule has 2 unspecified atom stereocenters. The zero-order valence-electron chi connectivity index (χ0n) is 30.5. The number of methoxy groups -OCH3 is 1.